The number of likely N-dealkylation sites (tertiary alicyclic amines) is 1. The molecule has 2 aliphatic rings. The molecular formula is C11H22N2O. The van der Waals surface area contributed by atoms with Crippen LogP contribution in [-0.2, 0) is 4.74 Å². The van der Waals surface area contributed by atoms with Crippen LogP contribution in [0.2, 0.25) is 0 Å². The van der Waals surface area contributed by atoms with E-state index in [1.165, 1.54) is 25.8 Å². The Morgan fingerprint density at radius 2 is 2.36 bits per heavy atom. The molecule has 0 spiro atoms. The van der Waals surface area contributed by atoms with Gasteiger partial charge in [0.2, 0.25) is 0 Å². The summed E-state index contributed by atoms with van der Waals surface area (Å²) in [6.07, 6.45) is 4.25. The van der Waals surface area contributed by atoms with E-state index in [1.807, 2.05) is 0 Å². The highest BCUT2D eigenvalue weighted by Gasteiger charge is 2.26. The number of likely N-dealkylation sites (N-methyl/N-ethyl adjacent to an activating group) is 1. The lowest BCUT2D eigenvalue weighted by Crippen LogP contribution is -2.36. The van der Waals surface area contributed by atoms with Crippen LogP contribution in [0.3, 0.4) is 0 Å². The molecular weight excluding hydrogens is 176 g/mol. The summed E-state index contributed by atoms with van der Waals surface area (Å²) in [6, 6.07) is 1.41. The summed E-state index contributed by atoms with van der Waals surface area (Å²) in [6.45, 7) is 5.50. The first-order chi connectivity index (χ1) is 6.75. The highest BCUT2D eigenvalue weighted by Crippen LogP contribution is 2.16. The standard InChI is InChI=1S/C11H22N2O/c1-9-6-10(8-13(9)2)12-7-11-4-3-5-14-11/h9-12H,3-8H2,1-2H3. The number of nitrogens with zero attached hydrogens (tertiary/aromatic N) is 1. The van der Waals surface area contributed by atoms with E-state index in [0.717, 1.165) is 19.2 Å². The van der Waals surface area contributed by atoms with E-state index in [1.54, 1.807) is 0 Å². The second-order valence-corrected chi connectivity index (χ2v) is 4.76. The maximum Gasteiger partial charge on any atom is 0.0700 e. The minimum absolute atomic E-state index is 0.483. The van der Waals surface area contributed by atoms with Crippen LogP contribution < -0.4 is 5.32 Å². The lowest BCUT2D eigenvalue weighted by molar-refractivity contribution is 0.107. The van der Waals surface area contributed by atoms with E-state index < -0.39 is 0 Å². The molecule has 0 radical (unpaired) electrons. The van der Waals surface area contributed by atoms with Crippen molar-refractivity contribution >= 4 is 0 Å². The minimum Gasteiger partial charge on any atom is -0.377 e. The Balaban J connectivity index is 1.66. The van der Waals surface area contributed by atoms with E-state index in [2.05, 4.69) is 24.2 Å². The molecule has 2 aliphatic heterocycles. The lowest BCUT2D eigenvalue weighted by atomic mass is 10.2. The van der Waals surface area contributed by atoms with Gasteiger partial charge in [-0.25, -0.2) is 0 Å². The number of hydrogen-bond donors (Lipinski definition) is 1. The van der Waals surface area contributed by atoms with Crippen molar-refractivity contribution in [3.63, 3.8) is 0 Å². The second kappa shape index (κ2) is 4.60. The molecule has 2 saturated heterocycles. The van der Waals surface area contributed by atoms with Crippen molar-refractivity contribution in [2.45, 2.75) is 44.4 Å². The minimum atomic E-state index is 0.483. The van der Waals surface area contributed by atoms with Crippen molar-refractivity contribution < 1.29 is 4.74 Å². The third-order valence-electron chi connectivity index (χ3n) is 3.54. The number of rotatable bonds is 3. The molecule has 2 rings (SSSR count). The zero-order valence-electron chi connectivity index (χ0n) is 9.33. The van der Waals surface area contributed by atoms with E-state index in [4.69, 9.17) is 4.74 Å². The molecule has 0 aromatic heterocycles. The van der Waals surface area contributed by atoms with Gasteiger partial charge >= 0.3 is 0 Å². The Kier molecular flexibility index (Phi) is 3.42. The molecule has 0 aromatic carbocycles. The number of ether oxygens (including phenoxy) is 1. The molecule has 3 unspecified atom stereocenters. The summed E-state index contributed by atoms with van der Waals surface area (Å²) in [4.78, 5) is 2.42. The van der Waals surface area contributed by atoms with Crippen molar-refractivity contribution in [1.82, 2.24) is 10.2 Å². The monoisotopic (exact) mass is 198 g/mol. The smallest absolute Gasteiger partial charge is 0.0700 e. The van der Waals surface area contributed by atoms with E-state index in [-0.39, 0.29) is 0 Å². The van der Waals surface area contributed by atoms with Crippen LogP contribution >= 0.6 is 0 Å². The SMILES string of the molecule is CC1CC(NCC2CCCO2)CN1C. The van der Waals surface area contributed by atoms with E-state index in [9.17, 15) is 0 Å². The van der Waals surface area contributed by atoms with Gasteiger partial charge in [-0.05, 0) is 33.2 Å². The van der Waals surface area contributed by atoms with Crippen molar-refractivity contribution in [3.05, 3.63) is 0 Å². The summed E-state index contributed by atoms with van der Waals surface area (Å²) in [5.41, 5.74) is 0. The first kappa shape index (κ1) is 10.4. The van der Waals surface area contributed by atoms with Crippen LogP contribution in [-0.4, -0.2) is 49.8 Å². The van der Waals surface area contributed by atoms with Crippen molar-refractivity contribution in [3.8, 4) is 0 Å². The Morgan fingerprint density at radius 3 is 2.93 bits per heavy atom. The third-order valence-corrected chi connectivity index (χ3v) is 3.54. The van der Waals surface area contributed by atoms with E-state index in [0.29, 0.717) is 12.1 Å². The average Bonchev–Trinajstić information content (AvgIpc) is 2.74. The number of nitrogens with one attached hydrogen (secondary N) is 1. The molecule has 2 fully saturated rings. The maximum absolute atomic E-state index is 5.59. The van der Waals surface area contributed by atoms with Crippen LogP contribution in [0.4, 0.5) is 0 Å². The topological polar surface area (TPSA) is 24.5 Å². The van der Waals surface area contributed by atoms with Gasteiger partial charge in [-0.2, -0.15) is 0 Å². The first-order valence-electron chi connectivity index (χ1n) is 5.81. The van der Waals surface area contributed by atoms with Gasteiger partial charge in [0, 0.05) is 31.8 Å². The molecule has 14 heavy (non-hydrogen) atoms. The van der Waals surface area contributed by atoms with Gasteiger partial charge in [-0.3, -0.25) is 0 Å². The fourth-order valence-electron chi connectivity index (χ4n) is 2.45. The van der Waals surface area contributed by atoms with Gasteiger partial charge in [0.25, 0.3) is 0 Å². The average molecular weight is 198 g/mol. The Morgan fingerprint density at radius 1 is 1.50 bits per heavy atom. The molecule has 0 saturated carbocycles. The molecule has 2 heterocycles. The molecule has 82 valence electrons. The summed E-state index contributed by atoms with van der Waals surface area (Å²) in [7, 11) is 2.21. The molecule has 1 N–H and O–H groups in total. The maximum atomic E-state index is 5.59. The quantitative estimate of drug-likeness (QED) is 0.727. The molecule has 0 aromatic rings. The fraction of sp³-hybridized carbons (Fsp3) is 1.00. The number of hydrogen-bond acceptors (Lipinski definition) is 3. The fourth-order valence-corrected chi connectivity index (χ4v) is 2.45. The van der Waals surface area contributed by atoms with Crippen LogP contribution in [0.5, 0.6) is 0 Å². The van der Waals surface area contributed by atoms with Gasteiger partial charge in [0.15, 0.2) is 0 Å². The predicted molar refractivity (Wildman–Crippen MR) is 57.5 cm³/mol. The van der Waals surface area contributed by atoms with Crippen LogP contribution in [0.1, 0.15) is 26.2 Å². The van der Waals surface area contributed by atoms with Gasteiger partial charge in [-0.1, -0.05) is 0 Å². The molecule has 0 amide bonds. The summed E-state index contributed by atoms with van der Waals surface area (Å²) in [5, 5.41) is 3.62. The molecule has 0 aliphatic carbocycles. The summed E-state index contributed by atoms with van der Waals surface area (Å²) in [5.74, 6) is 0. The van der Waals surface area contributed by atoms with Crippen molar-refractivity contribution in [1.29, 1.82) is 0 Å². The first-order valence-corrected chi connectivity index (χ1v) is 5.81. The largest absolute Gasteiger partial charge is 0.377 e. The zero-order valence-corrected chi connectivity index (χ0v) is 9.33. The van der Waals surface area contributed by atoms with Crippen molar-refractivity contribution in [2.75, 3.05) is 26.7 Å². The van der Waals surface area contributed by atoms with Gasteiger partial charge in [0.1, 0.15) is 0 Å². The molecule has 3 nitrogen and oxygen atoms in total. The highest BCUT2D eigenvalue weighted by molar-refractivity contribution is 4.85. The van der Waals surface area contributed by atoms with Crippen LogP contribution in [0.25, 0.3) is 0 Å². The van der Waals surface area contributed by atoms with E-state index >= 15 is 0 Å². The molecule has 3 atom stereocenters. The van der Waals surface area contributed by atoms with Crippen LogP contribution in [0.15, 0.2) is 0 Å². The second-order valence-electron chi connectivity index (χ2n) is 4.76. The van der Waals surface area contributed by atoms with Crippen LogP contribution in [0, 0.1) is 0 Å². The molecule has 3 heteroatoms. The van der Waals surface area contributed by atoms with Gasteiger partial charge in [0.05, 0.1) is 6.10 Å². The summed E-state index contributed by atoms with van der Waals surface area (Å²) >= 11 is 0. The van der Waals surface area contributed by atoms with Gasteiger partial charge < -0.3 is 15.0 Å². The zero-order chi connectivity index (χ0) is 9.97. The predicted octanol–water partition coefficient (Wildman–Crippen LogP) is 0.848. The molecule has 0 bridgehead atoms. The van der Waals surface area contributed by atoms with Crippen molar-refractivity contribution in [2.24, 2.45) is 0 Å². The third kappa shape index (κ3) is 2.47. The lowest BCUT2D eigenvalue weighted by Gasteiger charge is -2.15. The normalized spacial score (nSPS) is 39.4. The van der Waals surface area contributed by atoms with Gasteiger partial charge in [-0.15, -0.1) is 0 Å². The Hall–Kier alpha value is -0.120. The Labute approximate surface area is 86.8 Å². The highest BCUT2D eigenvalue weighted by atomic mass is 16.5. The summed E-state index contributed by atoms with van der Waals surface area (Å²) < 4.78 is 5.59. The Bertz CT molecular complexity index is 170.